The minimum absolute atomic E-state index is 0.101. The summed E-state index contributed by atoms with van der Waals surface area (Å²) in [6.07, 6.45) is 0.705. The van der Waals surface area contributed by atoms with Crippen molar-refractivity contribution < 1.29 is 9.84 Å². The van der Waals surface area contributed by atoms with E-state index in [1.807, 2.05) is 12.1 Å². The molecule has 0 aliphatic heterocycles. The highest BCUT2D eigenvalue weighted by Crippen LogP contribution is 2.16. The summed E-state index contributed by atoms with van der Waals surface area (Å²) in [5.74, 6) is 0.101. The van der Waals surface area contributed by atoms with Gasteiger partial charge in [0.15, 0.2) is 5.75 Å². The van der Waals surface area contributed by atoms with E-state index >= 15 is 0 Å². The van der Waals surface area contributed by atoms with Crippen LogP contribution < -0.4 is 0 Å². The average molecular weight is 151 g/mol. The Hall–Kier alpha value is -1.02. The molecule has 0 saturated heterocycles. The maximum Gasteiger partial charge on any atom is 0.181 e. The molecule has 0 heterocycles. The fourth-order valence-corrected chi connectivity index (χ4v) is 0.922. The molecule has 0 bridgehead atoms. The predicted octanol–water partition coefficient (Wildman–Crippen LogP) is 2.02. The first-order valence-corrected chi connectivity index (χ1v) is 3.58. The first-order chi connectivity index (χ1) is 5.34. The normalized spacial score (nSPS) is 9.91. The van der Waals surface area contributed by atoms with Crippen LogP contribution in [0.25, 0.3) is 0 Å². The summed E-state index contributed by atoms with van der Waals surface area (Å²) in [7, 11) is 1.63. The molecule has 0 atom stereocenters. The van der Waals surface area contributed by atoms with Crippen LogP contribution in [0.3, 0.4) is 0 Å². The van der Waals surface area contributed by atoms with Gasteiger partial charge in [-0.05, 0) is 12.5 Å². The third-order valence-corrected chi connectivity index (χ3v) is 1.55. The van der Waals surface area contributed by atoms with E-state index in [0.29, 0.717) is 13.0 Å². The Morgan fingerprint density at radius 3 is 2.73 bits per heavy atom. The number of hydrogen-bond donors (Lipinski definition) is 0. The molecule has 0 amide bonds. The molecule has 0 N–H and O–H groups in total. The Balaban J connectivity index is 2.62. The first-order valence-electron chi connectivity index (χ1n) is 3.58. The van der Waals surface area contributed by atoms with Crippen LogP contribution in [0.4, 0.5) is 0 Å². The molecule has 59 valence electrons. The molecule has 2 heteroatoms. The van der Waals surface area contributed by atoms with Gasteiger partial charge in [-0.25, -0.2) is 0 Å². The summed E-state index contributed by atoms with van der Waals surface area (Å²) in [5.41, 5.74) is 0.828. The molecule has 1 rings (SSSR count). The van der Waals surface area contributed by atoms with Crippen LogP contribution in [-0.4, -0.2) is 13.7 Å². The van der Waals surface area contributed by atoms with Gasteiger partial charge in [0.05, 0.1) is 6.61 Å². The maximum absolute atomic E-state index is 11.1. The number of methoxy groups -OCH3 is 1. The molecule has 0 fully saturated rings. The maximum atomic E-state index is 11.1. The smallest absolute Gasteiger partial charge is 0.181 e. The molecule has 2 nitrogen and oxygen atoms in total. The summed E-state index contributed by atoms with van der Waals surface area (Å²) < 4.78 is 4.86. The van der Waals surface area contributed by atoms with E-state index in [1.54, 1.807) is 19.2 Å². The monoisotopic (exact) mass is 151 g/mol. The van der Waals surface area contributed by atoms with Crippen LogP contribution in [0.15, 0.2) is 24.3 Å². The van der Waals surface area contributed by atoms with E-state index in [1.165, 1.54) is 0 Å². The van der Waals surface area contributed by atoms with E-state index in [0.717, 1.165) is 5.56 Å². The first kappa shape index (κ1) is 8.08. The van der Waals surface area contributed by atoms with Gasteiger partial charge in [-0.15, -0.1) is 0 Å². The highest BCUT2D eigenvalue weighted by molar-refractivity contribution is 5.31. The third-order valence-electron chi connectivity index (χ3n) is 1.55. The van der Waals surface area contributed by atoms with Gasteiger partial charge >= 0.3 is 0 Å². The average Bonchev–Trinajstić information content (AvgIpc) is 2.03. The summed E-state index contributed by atoms with van der Waals surface area (Å²) in [6, 6.07) is 7.03. The van der Waals surface area contributed by atoms with E-state index in [4.69, 9.17) is 4.74 Å². The molecule has 0 aromatic heterocycles. The van der Waals surface area contributed by atoms with Gasteiger partial charge in [-0.3, -0.25) is 5.11 Å². The molecular weight excluding hydrogens is 140 g/mol. The quantitative estimate of drug-likeness (QED) is 0.649. The Morgan fingerprint density at radius 1 is 1.36 bits per heavy atom. The highest BCUT2D eigenvalue weighted by Gasteiger charge is 1.99. The lowest BCUT2D eigenvalue weighted by Crippen LogP contribution is -1.93. The predicted molar refractivity (Wildman–Crippen MR) is 42.2 cm³/mol. The number of hydrogen-bond acceptors (Lipinski definition) is 1. The Kier molecular flexibility index (Phi) is 2.93. The van der Waals surface area contributed by atoms with Gasteiger partial charge < -0.3 is 4.74 Å². The van der Waals surface area contributed by atoms with Crippen LogP contribution in [0.1, 0.15) is 5.56 Å². The van der Waals surface area contributed by atoms with E-state index in [2.05, 4.69) is 0 Å². The number of rotatable bonds is 3. The standard InChI is InChI=1S/C9H11O2/c1-11-7-6-8-4-2-3-5-9(8)10/h2-5H,6-7H2,1H3. The van der Waals surface area contributed by atoms with Crippen molar-refractivity contribution in [1.29, 1.82) is 0 Å². The summed E-state index contributed by atoms with van der Waals surface area (Å²) >= 11 is 0. The summed E-state index contributed by atoms with van der Waals surface area (Å²) in [6.45, 7) is 0.610. The van der Waals surface area contributed by atoms with Gasteiger partial charge in [0.1, 0.15) is 0 Å². The van der Waals surface area contributed by atoms with Crippen molar-refractivity contribution in [3.05, 3.63) is 29.8 Å². The highest BCUT2D eigenvalue weighted by atomic mass is 16.5. The van der Waals surface area contributed by atoms with Crippen LogP contribution >= 0.6 is 0 Å². The van der Waals surface area contributed by atoms with Gasteiger partial charge in [0, 0.05) is 12.7 Å². The van der Waals surface area contributed by atoms with E-state index in [9.17, 15) is 5.11 Å². The van der Waals surface area contributed by atoms with Crippen molar-refractivity contribution in [2.45, 2.75) is 6.42 Å². The summed E-state index contributed by atoms with van der Waals surface area (Å²) in [4.78, 5) is 0. The number of para-hydroxylation sites is 1. The van der Waals surface area contributed by atoms with Crippen LogP contribution in [-0.2, 0) is 16.3 Å². The topological polar surface area (TPSA) is 29.1 Å². The Morgan fingerprint density at radius 2 is 2.09 bits per heavy atom. The van der Waals surface area contributed by atoms with Crippen molar-refractivity contribution in [2.75, 3.05) is 13.7 Å². The second-order valence-corrected chi connectivity index (χ2v) is 2.35. The van der Waals surface area contributed by atoms with Gasteiger partial charge in [-0.1, -0.05) is 18.2 Å². The van der Waals surface area contributed by atoms with Crippen LogP contribution in [0.5, 0.6) is 5.75 Å². The molecule has 1 aromatic rings. The number of ether oxygens (including phenoxy) is 1. The molecular formula is C9H11O2. The zero-order valence-corrected chi connectivity index (χ0v) is 6.54. The molecule has 0 aliphatic carbocycles. The van der Waals surface area contributed by atoms with Gasteiger partial charge in [-0.2, -0.15) is 0 Å². The van der Waals surface area contributed by atoms with E-state index < -0.39 is 0 Å². The van der Waals surface area contributed by atoms with Gasteiger partial charge in [0.25, 0.3) is 0 Å². The van der Waals surface area contributed by atoms with Crippen molar-refractivity contribution in [3.63, 3.8) is 0 Å². The second-order valence-electron chi connectivity index (χ2n) is 2.35. The minimum atomic E-state index is 0.101. The van der Waals surface area contributed by atoms with Crippen LogP contribution in [0, 0.1) is 0 Å². The zero-order valence-electron chi connectivity index (χ0n) is 6.54. The van der Waals surface area contributed by atoms with Crippen molar-refractivity contribution in [3.8, 4) is 5.75 Å². The molecule has 0 spiro atoms. The van der Waals surface area contributed by atoms with Crippen LogP contribution in [0.2, 0.25) is 0 Å². The Bertz CT molecular complexity index is 221. The SMILES string of the molecule is COCCc1ccccc1[O]. The number of benzene rings is 1. The largest absolute Gasteiger partial charge is 0.384 e. The van der Waals surface area contributed by atoms with E-state index in [-0.39, 0.29) is 5.75 Å². The third kappa shape index (κ3) is 2.24. The molecule has 0 saturated carbocycles. The second kappa shape index (κ2) is 3.98. The lowest BCUT2D eigenvalue weighted by Gasteiger charge is -1.99. The van der Waals surface area contributed by atoms with Crippen molar-refractivity contribution in [2.24, 2.45) is 0 Å². The lowest BCUT2D eigenvalue weighted by molar-refractivity contribution is 0.200. The molecule has 0 aliphatic rings. The molecule has 11 heavy (non-hydrogen) atoms. The fourth-order valence-electron chi connectivity index (χ4n) is 0.922. The van der Waals surface area contributed by atoms with Crippen molar-refractivity contribution >= 4 is 0 Å². The summed E-state index contributed by atoms with van der Waals surface area (Å²) in [5, 5.41) is 11.1. The fraction of sp³-hybridized carbons (Fsp3) is 0.333. The lowest BCUT2D eigenvalue weighted by atomic mass is 10.1. The van der Waals surface area contributed by atoms with Crippen molar-refractivity contribution in [1.82, 2.24) is 0 Å². The Labute approximate surface area is 66.4 Å². The molecule has 0 unspecified atom stereocenters. The molecule has 1 radical (unpaired) electrons. The molecule has 1 aromatic carbocycles. The van der Waals surface area contributed by atoms with Gasteiger partial charge in [0.2, 0.25) is 0 Å². The minimum Gasteiger partial charge on any atom is -0.384 e. The zero-order chi connectivity index (χ0) is 8.10.